The van der Waals surface area contributed by atoms with Crippen LogP contribution in [0.4, 0.5) is 4.79 Å². The quantitative estimate of drug-likeness (QED) is 0.451. The Bertz CT molecular complexity index is 1080. The molecule has 2 aromatic rings. The zero-order valence-electron chi connectivity index (χ0n) is 18.0. The van der Waals surface area contributed by atoms with Crippen molar-refractivity contribution >= 4 is 16.1 Å². The lowest BCUT2D eigenvalue weighted by Gasteiger charge is -2.30. The molecule has 2 aromatic carbocycles. The average molecular weight is 474 g/mol. The third kappa shape index (κ3) is 6.76. The molecular weight excluding hydrogens is 446 g/mol. The topological polar surface area (TPSA) is 140 Å². The van der Waals surface area contributed by atoms with E-state index in [1.807, 2.05) is 12.1 Å². The van der Waals surface area contributed by atoms with E-state index >= 15 is 0 Å². The number of carbonyl (C=O) groups is 1. The standard InChI is InChI=1S/C23H27N3O6S/c24-15-18-9-6-12-20(13-18)33(30,31)26(32-19-10-4-5-11-19)16-22(27)21(25-23(28)29)14-17-7-2-1-3-8-17/h1-3,6-9,12-13,19,21-22,25,27H,4-5,10-11,14,16H2,(H,28,29)/t21-,22+/m0/s1. The molecule has 176 valence electrons. The molecule has 1 aliphatic carbocycles. The van der Waals surface area contributed by atoms with Gasteiger partial charge in [0, 0.05) is 0 Å². The van der Waals surface area contributed by atoms with Crippen LogP contribution in [-0.4, -0.2) is 54.0 Å². The van der Waals surface area contributed by atoms with E-state index < -0.39 is 34.8 Å². The fourth-order valence-corrected chi connectivity index (χ4v) is 5.14. The molecule has 0 spiro atoms. The Morgan fingerprint density at radius 3 is 2.52 bits per heavy atom. The number of nitrogens with zero attached hydrogens (tertiary/aromatic N) is 2. The summed E-state index contributed by atoms with van der Waals surface area (Å²) in [6, 6.07) is 15.5. The summed E-state index contributed by atoms with van der Waals surface area (Å²) in [7, 11) is -4.23. The number of aliphatic hydroxyl groups is 1. The van der Waals surface area contributed by atoms with Crippen molar-refractivity contribution in [1.29, 1.82) is 5.26 Å². The number of sulfonamides is 1. The molecule has 33 heavy (non-hydrogen) atoms. The van der Waals surface area contributed by atoms with Crippen LogP contribution in [0.1, 0.15) is 36.8 Å². The van der Waals surface area contributed by atoms with E-state index in [9.17, 15) is 23.4 Å². The summed E-state index contributed by atoms with van der Waals surface area (Å²) in [5.41, 5.74) is 0.954. The van der Waals surface area contributed by atoms with Crippen molar-refractivity contribution in [2.45, 2.75) is 55.2 Å². The maximum absolute atomic E-state index is 13.4. The summed E-state index contributed by atoms with van der Waals surface area (Å²) in [4.78, 5) is 17.0. The largest absolute Gasteiger partial charge is 0.465 e. The first kappa shape index (κ1) is 24.7. The number of benzene rings is 2. The van der Waals surface area contributed by atoms with Gasteiger partial charge in [0.25, 0.3) is 10.0 Å². The van der Waals surface area contributed by atoms with Crippen LogP contribution in [-0.2, 0) is 21.3 Å². The Morgan fingerprint density at radius 1 is 1.18 bits per heavy atom. The Labute approximate surface area is 193 Å². The van der Waals surface area contributed by atoms with Crippen LogP contribution in [0.25, 0.3) is 0 Å². The van der Waals surface area contributed by atoms with Gasteiger partial charge in [0.1, 0.15) is 0 Å². The molecule has 2 atom stereocenters. The summed E-state index contributed by atoms with van der Waals surface area (Å²) < 4.78 is 27.5. The Hall–Kier alpha value is -2.97. The van der Waals surface area contributed by atoms with Crippen molar-refractivity contribution in [1.82, 2.24) is 9.79 Å². The average Bonchev–Trinajstić information content (AvgIpc) is 3.32. The van der Waals surface area contributed by atoms with Crippen LogP contribution in [0.15, 0.2) is 59.5 Å². The smallest absolute Gasteiger partial charge is 0.404 e. The van der Waals surface area contributed by atoms with E-state index in [0.29, 0.717) is 12.8 Å². The molecule has 3 N–H and O–H groups in total. The van der Waals surface area contributed by atoms with Crippen molar-refractivity contribution in [3.05, 3.63) is 65.7 Å². The molecule has 1 fully saturated rings. The second-order valence-corrected chi connectivity index (χ2v) is 9.78. The summed E-state index contributed by atoms with van der Waals surface area (Å²) >= 11 is 0. The van der Waals surface area contributed by atoms with Gasteiger partial charge in [-0.2, -0.15) is 5.26 Å². The normalized spacial score (nSPS) is 16.3. The Balaban J connectivity index is 1.87. The molecule has 0 aromatic heterocycles. The van der Waals surface area contributed by atoms with Gasteiger partial charge in [-0.05, 0) is 43.0 Å². The predicted molar refractivity (Wildman–Crippen MR) is 119 cm³/mol. The second-order valence-electron chi connectivity index (χ2n) is 7.95. The lowest BCUT2D eigenvalue weighted by atomic mass is 10.0. The highest BCUT2D eigenvalue weighted by Crippen LogP contribution is 2.26. The third-order valence-corrected chi connectivity index (χ3v) is 7.13. The first-order valence-electron chi connectivity index (χ1n) is 10.7. The first-order chi connectivity index (χ1) is 15.8. The summed E-state index contributed by atoms with van der Waals surface area (Å²) in [5, 5.41) is 31.6. The minimum atomic E-state index is -4.23. The molecule has 1 amide bonds. The fourth-order valence-electron chi connectivity index (χ4n) is 3.79. The Morgan fingerprint density at radius 2 is 1.88 bits per heavy atom. The molecule has 10 heteroatoms. The summed E-state index contributed by atoms with van der Waals surface area (Å²) in [6.45, 7) is -0.479. The Kier molecular flexibility index (Phi) is 8.41. The molecular formula is C23H27N3O6S. The number of hydrogen-bond acceptors (Lipinski definition) is 6. The molecule has 1 saturated carbocycles. The molecule has 9 nitrogen and oxygen atoms in total. The van der Waals surface area contributed by atoms with Gasteiger partial charge in [0.05, 0.1) is 41.3 Å². The van der Waals surface area contributed by atoms with Crippen LogP contribution >= 0.6 is 0 Å². The van der Waals surface area contributed by atoms with Crippen molar-refractivity contribution < 1.29 is 28.3 Å². The van der Waals surface area contributed by atoms with E-state index in [1.165, 1.54) is 24.3 Å². The zero-order chi connectivity index (χ0) is 23.8. The minimum absolute atomic E-state index is 0.141. The number of aliphatic hydroxyl groups excluding tert-OH is 1. The number of carboxylic acid groups (broad SMARTS) is 1. The number of amides is 1. The van der Waals surface area contributed by atoms with Crippen molar-refractivity contribution in [2.24, 2.45) is 0 Å². The van der Waals surface area contributed by atoms with Crippen LogP contribution in [0, 0.1) is 11.3 Å². The van der Waals surface area contributed by atoms with Crippen molar-refractivity contribution in [2.75, 3.05) is 6.54 Å². The zero-order valence-corrected chi connectivity index (χ0v) is 18.8. The van der Waals surface area contributed by atoms with E-state index in [-0.39, 0.29) is 23.0 Å². The second kappa shape index (κ2) is 11.2. The molecule has 0 saturated heterocycles. The third-order valence-electron chi connectivity index (χ3n) is 5.51. The van der Waals surface area contributed by atoms with E-state index in [4.69, 9.17) is 10.1 Å². The van der Waals surface area contributed by atoms with Crippen LogP contribution in [0.3, 0.4) is 0 Å². The molecule has 0 heterocycles. The van der Waals surface area contributed by atoms with Gasteiger partial charge in [-0.1, -0.05) is 53.7 Å². The van der Waals surface area contributed by atoms with E-state index in [2.05, 4.69) is 5.32 Å². The van der Waals surface area contributed by atoms with Crippen LogP contribution in [0.5, 0.6) is 0 Å². The van der Waals surface area contributed by atoms with Gasteiger partial charge >= 0.3 is 6.09 Å². The SMILES string of the molecule is N#Cc1cccc(S(=O)(=O)N(C[C@@H](O)[C@H](Cc2ccccc2)NC(=O)O)OC2CCCC2)c1. The first-order valence-corrected chi connectivity index (χ1v) is 12.1. The van der Waals surface area contributed by atoms with Gasteiger partial charge in [-0.25, -0.2) is 13.2 Å². The maximum Gasteiger partial charge on any atom is 0.404 e. The van der Waals surface area contributed by atoms with Crippen LogP contribution in [0.2, 0.25) is 0 Å². The van der Waals surface area contributed by atoms with Gasteiger partial charge in [0.2, 0.25) is 0 Å². The number of hydrogen-bond donors (Lipinski definition) is 3. The molecule has 0 unspecified atom stereocenters. The molecule has 0 radical (unpaired) electrons. The van der Waals surface area contributed by atoms with Gasteiger partial charge in [-0.3, -0.25) is 4.84 Å². The van der Waals surface area contributed by atoms with Crippen LogP contribution < -0.4 is 5.32 Å². The molecule has 0 bridgehead atoms. The van der Waals surface area contributed by atoms with Crippen molar-refractivity contribution in [3.8, 4) is 6.07 Å². The number of nitriles is 1. The van der Waals surface area contributed by atoms with E-state index in [1.54, 1.807) is 24.3 Å². The summed E-state index contributed by atoms with van der Waals surface area (Å²) in [5.74, 6) is 0. The highest BCUT2D eigenvalue weighted by molar-refractivity contribution is 7.89. The van der Waals surface area contributed by atoms with Crippen molar-refractivity contribution in [3.63, 3.8) is 0 Å². The van der Waals surface area contributed by atoms with Gasteiger partial charge < -0.3 is 15.5 Å². The number of hydroxylamine groups is 1. The predicted octanol–water partition coefficient (Wildman–Crippen LogP) is 2.66. The summed E-state index contributed by atoms with van der Waals surface area (Å²) in [6.07, 6.45) is 0.285. The molecule has 0 aliphatic heterocycles. The lowest BCUT2D eigenvalue weighted by Crippen LogP contribution is -2.50. The number of nitrogens with one attached hydrogen (secondary N) is 1. The van der Waals surface area contributed by atoms with Gasteiger partial charge in [0.15, 0.2) is 0 Å². The van der Waals surface area contributed by atoms with Gasteiger partial charge in [-0.15, -0.1) is 0 Å². The lowest BCUT2D eigenvalue weighted by molar-refractivity contribution is -0.145. The molecule has 1 aliphatic rings. The monoisotopic (exact) mass is 473 g/mol. The molecule has 3 rings (SSSR count). The minimum Gasteiger partial charge on any atom is -0.465 e. The highest BCUT2D eigenvalue weighted by Gasteiger charge is 2.34. The fraction of sp³-hybridized carbons (Fsp3) is 0.391. The number of rotatable bonds is 10. The highest BCUT2D eigenvalue weighted by atomic mass is 32.2. The van der Waals surface area contributed by atoms with E-state index in [0.717, 1.165) is 22.9 Å². The maximum atomic E-state index is 13.4.